The molecule has 0 fully saturated rings. The maximum Gasteiger partial charge on any atom is 0.636 e. The van der Waals surface area contributed by atoms with E-state index in [1.807, 2.05) is 0 Å². The Morgan fingerprint density at radius 2 is 1.84 bits per heavy atom. The van der Waals surface area contributed by atoms with E-state index in [9.17, 15) is 15.0 Å². The number of carbonyl (C=O) groups excluding carboxylic acids is 1. The van der Waals surface area contributed by atoms with Crippen LogP contribution in [0.25, 0.3) is 0 Å². The molecule has 0 bridgehead atoms. The molecule has 7 heteroatoms. The minimum atomic E-state index is -1.04. The first-order valence-electron chi connectivity index (χ1n) is 5.50. The van der Waals surface area contributed by atoms with Gasteiger partial charge in [0.2, 0.25) is 0 Å². The number of aliphatic hydroxyl groups excluding tert-OH is 2. The maximum absolute atomic E-state index is 10.7. The second-order valence-corrected chi connectivity index (χ2v) is 3.96. The summed E-state index contributed by atoms with van der Waals surface area (Å²) >= 11 is 0. The van der Waals surface area contributed by atoms with Crippen molar-refractivity contribution < 1.29 is 24.3 Å². The fourth-order valence-corrected chi connectivity index (χ4v) is 1.60. The Morgan fingerprint density at radius 1 is 1.21 bits per heavy atom. The molecule has 1 aliphatic rings. The Hall–Kier alpha value is -2.57. The average Bonchev–Trinajstić information content (AvgIpc) is 2.36. The van der Waals surface area contributed by atoms with Crippen LogP contribution in [0.2, 0.25) is 0 Å². The van der Waals surface area contributed by atoms with Gasteiger partial charge in [-0.15, -0.1) is 0 Å². The van der Waals surface area contributed by atoms with E-state index in [1.54, 1.807) is 31.3 Å². The summed E-state index contributed by atoms with van der Waals surface area (Å²) in [4.78, 5) is 12.1. The van der Waals surface area contributed by atoms with E-state index in [4.69, 9.17) is 9.31 Å². The van der Waals surface area contributed by atoms with Gasteiger partial charge in [-0.3, -0.25) is 4.79 Å². The van der Waals surface area contributed by atoms with E-state index in [0.717, 1.165) is 0 Å². The lowest BCUT2D eigenvalue weighted by molar-refractivity contribution is 0.112. The number of aliphatic hydroxyl groups is 2. The van der Waals surface area contributed by atoms with Crippen molar-refractivity contribution in [2.75, 3.05) is 7.05 Å². The topological polar surface area (TPSA) is 79.2 Å². The second kappa shape index (κ2) is 5.39. The highest BCUT2D eigenvalue weighted by Crippen LogP contribution is 2.09. The molecule has 0 saturated carbocycles. The van der Waals surface area contributed by atoms with Crippen LogP contribution in [0.4, 0.5) is 0 Å². The van der Waals surface area contributed by atoms with Gasteiger partial charge in [0, 0.05) is 18.1 Å². The number of nitrogens with zero attached hydrogens (tertiary/aromatic N) is 1. The molecule has 1 aromatic carbocycles. The Morgan fingerprint density at radius 3 is 2.42 bits per heavy atom. The van der Waals surface area contributed by atoms with Gasteiger partial charge in [0.05, 0.1) is 12.4 Å². The van der Waals surface area contributed by atoms with Gasteiger partial charge in [0.15, 0.2) is 0 Å². The molecule has 1 heterocycles. The Balaban J connectivity index is 2.30. The lowest BCUT2D eigenvalue weighted by Gasteiger charge is -2.20. The van der Waals surface area contributed by atoms with E-state index >= 15 is 0 Å². The van der Waals surface area contributed by atoms with E-state index in [-0.39, 0.29) is 11.9 Å². The molecule has 0 amide bonds. The molecule has 0 unspecified atom stereocenters. The van der Waals surface area contributed by atoms with E-state index in [0.29, 0.717) is 17.3 Å². The molecule has 6 nitrogen and oxygen atoms in total. The molecule has 2 N–H and O–H groups in total. The number of benzene rings is 1. The van der Waals surface area contributed by atoms with E-state index in [2.05, 4.69) is 0 Å². The third-order valence-electron chi connectivity index (χ3n) is 2.40. The summed E-state index contributed by atoms with van der Waals surface area (Å²) in [6.45, 7) is 0. The monoisotopic (exact) mass is 261 g/mol. The molecular weight excluding hydrogens is 249 g/mol. The number of carbonyl (C=O) groups is 1. The van der Waals surface area contributed by atoms with Crippen LogP contribution >= 0.6 is 0 Å². The number of aldehydes is 1. The molecule has 0 saturated heterocycles. The van der Waals surface area contributed by atoms with Crippen LogP contribution in [-0.4, -0.2) is 35.6 Å². The number of hydrogen-bond acceptors (Lipinski definition) is 6. The quantitative estimate of drug-likeness (QED) is 0.607. The molecule has 0 spiro atoms. The summed E-state index contributed by atoms with van der Waals surface area (Å²) < 4.78 is 10.3. The van der Waals surface area contributed by atoms with Crippen molar-refractivity contribution in [3.63, 3.8) is 0 Å². The Kier molecular flexibility index (Phi) is 3.65. The third kappa shape index (κ3) is 3.22. The van der Waals surface area contributed by atoms with Crippen LogP contribution < -0.4 is 5.46 Å². The molecule has 1 aromatic rings. The first kappa shape index (κ1) is 12.9. The molecule has 0 aromatic heterocycles. The van der Waals surface area contributed by atoms with Gasteiger partial charge in [-0.05, 0) is 6.07 Å². The maximum atomic E-state index is 10.7. The molecule has 0 radical (unpaired) electrons. The van der Waals surface area contributed by atoms with Crippen molar-refractivity contribution in [3.8, 4) is 0 Å². The third-order valence-corrected chi connectivity index (χ3v) is 2.40. The van der Waals surface area contributed by atoms with Gasteiger partial charge in [0.25, 0.3) is 11.9 Å². The van der Waals surface area contributed by atoms with Gasteiger partial charge >= 0.3 is 7.12 Å². The molecule has 1 aliphatic heterocycles. The van der Waals surface area contributed by atoms with Gasteiger partial charge in [-0.1, -0.05) is 18.2 Å². The van der Waals surface area contributed by atoms with Crippen molar-refractivity contribution in [2.24, 2.45) is 0 Å². The van der Waals surface area contributed by atoms with Gasteiger partial charge in [0.1, 0.15) is 6.29 Å². The van der Waals surface area contributed by atoms with Crippen LogP contribution in [0.1, 0.15) is 10.4 Å². The molecule has 98 valence electrons. The van der Waals surface area contributed by atoms with Crippen molar-refractivity contribution in [3.05, 3.63) is 54.1 Å². The summed E-state index contributed by atoms with van der Waals surface area (Å²) in [7, 11) is 0.549. The standard InChI is InChI=1S/C12H12BNO5/c1-14-6-11(16)18-13(19-12(17)7-14)10-4-2-3-9(5-10)8-15/h2-8,16-17H,1H3. The van der Waals surface area contributed by atoms with Crippen LogP contribution in [0.3, 0.4) is 0 Å². The second-order valence-electron chi connectivity index (χ2n) is 3.96. The summed E-state index contributed by atoms with van der Waals surface area (Å²) in [5.41, 5.74) is 0.935. The fourth-order valence-electron chi connectivity index (χ4n) is 1.60. The highest BCUT2D eigenvalue weighted by atomic mass is 16.7. The lowest BCUT2D eigenvalue weighted by Crippen LogP contribution is -2.38. The first-order valence-corrected chi connectivity index (χ1v) is 5.50. The molecule has 2 rings (SSSR count). The van der Waals surface area contributed by atoms with Crippen molar-refractivity contribution in [1.82, 2.24) is 4.90 Å². The summed E-state index contributed by atoms with van der Waals surface area (Å²) in [6, 6.07) is 6.48. The van der Waals surface area contributed by atoms with Gasteiger partial charge in [-0.2, -0.15) is 0 Å². The number of hydrogen-bond donors (Lipinski definition) is 2. The largest absolute Gasteiger partial charge is 0.636 e. The highest BCUT2D eigenvalue weighted by Gasteiger charge is 2.29. The average molecular weight is 261 g/mol. The minimum Gasteiger partial charge on any atom is -0.494 e. The van der Waals surface area contributed by atoms with Crippen LogP contribution in [0.15, 0.2) is 48.6 Å². The van der Waals surface area contributed by atoms with Crippen LogP contribution in [0.5, 0.6) is 0 Å². The van der Waals surface area contributed by atoms with Crippen LogP contribution in [0, 0.1) is 0 Å². The van der Waals surface area contributed by atoms with Crippen molar-refractivity contribution >= 4 is 18.9 Å². The minimum absolute atomic E-state index is 0.368. The van der Waals surface area contributed by atoms with Crippen molar-refractivity contribution in [1.29, 1.82) is 0 Å². The highest BCUT2D eigenvalue weighted by molar-refractivity contribution is 6.61. The predicted octanol–water partition coefficient (Wildman–Crippen LogP) is 0.887. The normalized spacial score (nSPS) is 15.4. The molecular formula is C12H12BNO5. The van der Waals surface area contributed by atoms with Gasteiger partial charge < -0.3 is 24.4 Å². The Bertz CT molecular complexity index is 521. The lowest BCUT2D eigenvalue weighted by atomic mass is 9.78. The smallest absolute Gasteiger partial charge is 0.494 e. The first-order chi connectivity index (χ1) is 9.08. The summed E-state index contributed by atoms with van der Waals surface area (Å²) in [5, 5.41) is 19.1. The van der Waals surface area contributed by atoms with Crippen molar-refractivity contribution in [2.45, 2.75) is 0 Å². The molecule has 0 aliphatic carbocycles. The summed E-state index contributed by atoms with van der Waals surface area (Å²) in [5.74, 6) is -0.736. The van der Waals surface area contributed by atoms with E-state index < -0.39 is 7.12 Å². The zero-order valence-electron chi connectivity index (χ0n) is 10.2. The fraction of sp³-hybridized carbons (Fsp3) is 0.0833. The van der Waals surface area contributed by atoms with Gasteiger partial charge in [-0.25, -0.2) is 0 Å². The van der Waals surface area contributed by atoms with Crippen LogP contribution in [-0.2, 0) is 9.31 Å². The zero-order chi connectivity index (χ0) is 13.8. The SMILES string of the molecule is CN1C=C(O)OB(c2cccc(C=O)c2)OC(O)=C1. The molecule has 19 heavy (non-hydrogen) atoms. The summed E-state index contributed by atoms with van der Waals surface area (Å²) in [6.07, 6.45) is 3.23. The van der Waals surface area contributed by atoms with E-state index in [1.165, 1.54) is 17.3 Å². The zero-order valence-corrected chi connectivity index (χ0v) is 10.2. The molecule has 0 atom stereocenters. The predicted molar refractivity (Wildman–Crippen MR) is 68.6 cm³/mol. The Labute approximate surface area is 110 Å². The number of rotatable bonds is 2.